The Bertz CT molecular complexity index is 273. The van der Waals surface area contributed by atoms with E-state index >= 15 is 0 Å². The summed E-state index contributed by atoms with van der Waals surface area (Å²) in [6.07, 6.45) is 10.7. The van der Waals surface area contributed by atoms with Gasteiger partial charge >= 0.3 is 0 Å². The van der Waals surface area contributed by atoms with E-state index in [1.165, 1.54) is 18.4 Å². The summed E-state index contributed by atoms with van der Waals surface area (Å²) in [5.74, 6) is 0.455. The molecule has 1 aliphatic rings. The highest BCUT2D eigenvalue weighted by Crippen LogP contribution is 2.28. The molecule has 0 fully saturated rings. The van der Waals surface area contributed by atoms with E-state index in [1.54, 1.807) is 0 Å². The molecule has 0 bridgehead atoms. The second-order valence-corrected chi connectivity index (χ2v) is 5.99. The zero-order chi connectivity index (χ0) is 12.2. The van der Waals surface area contributed by atoms with Crippen LogP contribution in [0.25, 0.3) is 0 Å². The van der Waals surface area contributed by atoms with Crippen molar-refractivity contribution in [3.8, 4) is 0 Å². The van der Waals surface area contributed by atoms with E-state index in [9.17, 15) is 5.11 Å². The third-order valence-electron chi connectivity index (χ3n) is 3.36. The van der Waals surface area contributed by atoms with Crippen LogP contribution >= 0.6 is 0 Å². The van der Waals surface area contributed by atoms with Crippen LogP contribution in [0.15, 0.2) is 23.8 Å². The summed E-state index contributed by atoms with van der Waals surface area (Å²) >= 11 is 0. The molecule has 0 aromatic rings. The molecule has 0 saturated carbocycles. The van der Waals surface area contributed by atoms with E-state index in [1.807, 2.05) is 6.08 Å². The molecule has 0 heterocycles. The predicted molar refractivity (Wildman–Crippen MR) is 70.3 cm³/mol. The first kappa shape index (κ1) is 13.5. The standard InChI is InChI=1S/C15H26O/c1-12-6-5-8-15(3,4)9-7-13(2)11-14(16)10-12/h7,9-10,13-14,16H,5-6,8,11H2,1-4H3/b9-7-,12-10-. The van der Waals surface area contributed by atoms with Crippen molar-refractivity contribution in [1.29, 1.82) is 0 Å². The molecular weight excluding hydrogens is 196 g/mol. The van der Waals surface area contributed by atoms with Crippen molar-refractivity contribution in [3.63, 3.8) is 0 Å². The van der Waals surface area contributed by atoms with Crippen molar-refractivity contribution >= 4 is 0 Å². The first-order chi connectivity index (χ1) is 7.39. The number of hydrogen-bond donors (Lipinski definition) is 1. The molecule has 0 aliphatic heterocycles. The lowest BCUT2D eigenvalue weighted by atomic mass is 9.85. The summed E-state index contributed by atoms with van der Waals surface area (Å²) < 4.78 is 0. The zero-order valence-electron chi connectivity index (χ0n) is 11.2. The smallest absolute Gasteiger partial charge is 0.0728 e. The number of aliphatic hydroxyl groups excluding tert-OH is 1. The molecule has 1 heteroatoms. The first-order valence-corrected chi connectivity index (χ1v) is 6.44. The van der Waals surface area contributed by atoms with Gasteiger partial charge in [-0.2, -0.15) is 0 Å². The topological polar surface area (TPSA) is 20.2 Å². The van der Waals surface area contributed by atoms with E-state index in [-0.39, 0.29) is 6.10 Å². The molecule has 1 rings (SSSR count). The van der Waals surface area contributed by atoms with Crippen molar-refractivity contribution in [3.05, 3.63) is 23.8 Å². The van der Waals surface area contributed by atoms with E-state index in [2.05, 4.69) is 39.8 Å². The van der Waals surface area contributed by atoms with Gasteiger partial charge in [0, 0.05) is 0 Å². The van der Waals surface area contributed by atoms with E-state index in [4.69, 9.17) is 0 Å². The maximum Gasteiger partial charge on any atom is 0.0728 e. The van der Waals surface area contributed by atoms with Crippen LogP contribution in [-0.2, 0) is 0 Å². The number of allylic oxidation sites excluding steroid dienone is 3. The Morgan fingerprint density at radius 1 is 1.38 bits per heavy atom. The van der Waals surface area contributed by atoms with Gasteiger partial charge < -0.3 is 5.11 Å². The third-order valence-corrected chi connectivity index (χ3v) is 3.36. The third kappa shape index (κ3) is 4.98. The van der Waals surface area contributed by atoms with Gasteiger partial charge in [0.05, 0.1) is 6.10 Å². The highest BCUT2D eigenvalue weighted by Gasteiger charge is 2.15. The fraction of sp³-hybridized carbons (Fsp3) is 0.733. The molecule has 0 radical (unpaired) electrons. The summed E-state index contributed by atoms with van der Waals surface area (Å²) in [7, 11) is 0. The molecule has 0 aromatic carbocycles. The molecule has 92 valence electrons. The Morgan fingerprint density at radius 3 is 2.75 bits per heavy atom. The number of aliphatic hydroxyl groups is 1. The lowest BCUT2D eigenvalue weighted by Crippen LogP contribution is -2.09. The molecule has 0 spiro atoms. The second-order valence-electron chi connectivity index (χ2n) is 5.99. The molecule has 2 unspecified atom stereocenters. The monoisotopic (exact) mass is 222 g/mol. The molecule has 1 N–H and O–H groups in total. The van der Waals surface area contributed by atoms with E-state index in [0.717, 1.165) is 12.8 Å². The molecule has 1 aliphatic carbocycles. The van der Waals surface area contributed by atoms with Gasteiger partial charge in [-0.3, -0.25) is 0 Å². The Labute approximate surface area is 100 Å². The van der Waals surface area contributed by atoms with Gasteiger partial charge in [0.1, 0.15) is 0 Å². The van der Waals surface area contributed by atoms with Gasteiger partial charge in [-0.15, -0.1) is 0 Å². The largest absolute Gasteiger partial charge is 0.389 e. The molecule has 0 saturated heterocycles. The Kier molecular flexibility index (Phi) is 4.79. The van der Waals surface area contributed by atoms with Crippen molar-refractivity contribution < 1.29 is 5.11 Å². The SMILES string of the molecule is C/C1=C/C(O)CC(C)/C=C\C(C)(C)CCC1. The maximum absolute atomic E-state index is 9.88. The van der Waals surface area contributed by atoms with Crippen molar-refractivity contribution in [1.82, 2.24) is 0 Å². The average Bonchev–Trinajstić information content (AvgIpc) is 2.14. The highest BCUT2D eigenvalue weighted by molar-refractivity contribution is 5.05. The lowest BCUT2D eigenvalue weighted by molar-refractivity contribution is 0.199. The Morgan fingerprint density at radius 2 is 2.06 bits per heavy atom. The number of hydrogen-bond acceptors (Lipinski definition) is 1. The minimum absolute atomic E-state index is 0.277. The van der Waals surface area contributed by atoms with Crippen LogP contribution in [0.4, 0.5) is 0 Å². The summed E-state index contributed by atoms with van der Waals surface area (Å²) in [5.41, 5.74) is 1.63. The fourth-order valence-electron chi connectivity index (χ4n) is 2.27. The van der Waals surface area contributed by atoms with E-state index < -0.39 is 0 Å². The first-order valence-electron chi connectivity index (χ1n) is 6.44. The molecular formula is C15H26O. The summed E-state index contributed by atoms with van der Waals surface area (Å²) in [6.45, 7) is 8.90. The highest BCUT2D eigenvalue weighted by atomic mass is 16.3. The average molecular weight is 222 g/mol. The predicted octanol–water partition coefficient (Wildman–Crippen LogP) is 4.09. The molecule has 0 aromatic heterocycles. The molecule has 16 heavy (non-hydrogen) atoms. The minimum Gasteiger partial charge on any atom is -0.389 e. The van der Waals surface area contributed by atoms with Gasteiger partial charge in [-0.25, -0.2) is 0 Å². The van der Waals surface area contributed by atoms with Crippen LogP contribution in [0.2, 0.25) is 0 Å². The van der Waals surface area contributed by atoms with Gasteiger partial charge in [0.25, 0.3) is 0 Å². The zero-order valence-corrected chi connectivity index (χ0v) is 11.2. The molecule has 0 amide bonds. The van der Waals surface area contributed by atoms with Crippen LogP contribution in [-0.4, -0.2) is 11.2 Å². The van der Waals surface area contributed by atoms with Gasteiger partial charge in [-0.1, -0.05) is 44.6 Å². The maximum atomic E-state index is 9.88. The van der Waals surface area contributed by atoms with Crippen LogP contribution in [0.1, 0.15) is 53.4 Å². The van der Waals surface area contributed by atoms with Crippen molar-refractivity contribution in [2.45, 2.75) is 59.5 Å². The van der Waals surface area contributed by atoms with Crippen LogP contribution in [0, 0.1) is 11.3 Å². The summed E-state index contributed by atoms with van der Waals surface area (Å²) in [6, 6.07) is 0. The molecule has 2 atom stereocenters. The Hall–Kier alpha value is -0.560. The lowest BCUT2D eigenvalue weighted by Gasteiger charge is -2.20. The fourth-order valence-corrected chi connectivity index (χ4v) is 2.27. The minimum atomic E-state index is -0.277. The second kappa shape index (κ2) is 5.67. The summed E-state index contributed by atoms with van der Waals surface area (Å²) in [5, 5.41) is 9.88. The van der Waals surface area contributed by atoms with Gasteiger partial charge in [0.2, 0.25) is 0 Å². The van der Waals surface area contributed by atoms with E-state index in [0.29, 0.717) is 11.3 Å². The van der Waals surface area contributed by atoms with Gasteiger partial charge in [-0.05, 0) is 43.9 Å². The van der Waals surface area contributed by atoms with Crippen LogP contribution < -0.4 is 0 Å². The van der Waals surface area contributed by atoms with Crippen molar-refractivity contribution in [2.24, 2.45) is 11.3 Å². The van der Waals surface area contributed by atoms with Crippen LogP contribution in [0.5, 0.6) is 0 Å². The van der Waals surface area contributed by atoms with Crippen molar-refractivity contribution in [2.75, 3.05) is 0 Å². The molecule has 1 nitrogen and oxygen atoms in total. The van der Waals surface area contributed by atoms with Gasteiger partial charge in [0.15, 0.2) is 0 Å². The summed E-state index contributed by atoms with van der Waals surface area (Å²) in [4.78, 5) is 0. The number of rotatable bonds is 0. The Balaban J connectivity index is 2.76. The quantitative estimate of drug-likeness (QED) is 0.612. The normalized spacial score (nSPS) is 36.9. The van der Waals surface area contributed by atoms with Crippen LogP contribution in [0.3, 0.4) is 0 Å².